The molecular formula is C17H23NO4S. The van der Waals surface area contributed by atoms with Crippen LogP contribution in [0, 0.1) is 0 Å². The Morgan fingerprint density at radius 2 is 1.70 bits per heavy atom. The molecule has 0 saturated heterocycles. The molecule has 1 rings (SSSR count). The average molecular weight is 337 g/mol. The van der Waals surface area contributed by atoms with Gasteiger partial charge in [0.15, 0.2) is 5.78 Å². The maximum Gasteiger partial charge on any atom is 0.305 e. The van der Waals surface area contributed by atoms with E-state index >= 15 is 0 Å². The minimum absolute atomic E-state index is 0.0221. The third-order valence-corrected chi connectivity index (χ3v) is 4.74. The average Bonchev–Trinajstić information content (AvgIpc) is 2.54. The fraction of sp³-hybridized carbons (Fsp3) is 0.471. The number of rotatable bonds is 10. The standard InChI is InChI=1S/C17H23NO4S/c1-3-17(4-2,10-16(21)22)18-15(20)12-23-11-14(19)13-8-6-5-7-9-13/h5-9H,3-4,10-12H2,1-2H3,(H,18,20)(H,21,22). The molecule has 0 radical (unpaired) electrons. The van der Waals surface area contributed by atoms with E-state index in [4.69, 9.17) is 5.11 Å². The lowest BCUT2D eigenvalue weighted by Crippen LogP contribution is -2.49. The second-order valence-electron chi connectivity index (χ2n) is 5.39. The number of ketones is 1. The van der Waals surface area contributed by atoms with Gasteiger partial charge in [0.05, 0.1) is 17.9 Å². The lowest BCUT2D eigenvalue weighted by Gasteiger charge is -2.31. The Labute approximate surface area is 140 Å². The van der Waals surface area contributed by atoms with E-state index in [0.717, 1.165) is 0 Å². The lowest BCUT2D eigenvalue weighted by atomic mass is 9.89. The first-order chi connectivity index (χ1) is 10.9. The monoisotopic (exact) mass is 337 g/mol. The molecule has 0 aliphatic heterocycles. The van der Waals surface area contributed by atoms with Crippen molar-refractivity contribution >= 4 is 29.4 Å². The number of carbonyl (C=O) groups excluding carboxylic acids is 2. The summed E-state index contributed by atoms with van der Waals surface area (Å²) >= 11 is 1.24. The minimum atomic E-state index is -0.930. The van der Waals surface area contributed by atoms with Crippen LogP contribution in [0.2, 0.25) is 0 Å². The number of thioether (sulfide) groups is 1. The van der Waals surface area contributed by atoms with E-state index < -0.39 is 11.5 Å². The topological polar surface area (TPSA) is 83.5 Å². The Balaban J connectivity index is 2.46. The number of amides is 1. The summed E-state index contributed by atoms with van der Waals surface area (Å²) < 4.78 is 0. The SMILES string of the molecule is CCC(CC)(CC(=O)O)NC(=O)CSCC(=O)c1ccccc1. The van der Waals surface area contributed by atoms with Gasteiger partial charge < -0.3 is 10.4 Å². The molecule has 23 heavy (non-hydrogen) atoms. The third kappa shape index (κ3) is 6.44. The number of nitrogens with one attached hydrogen (secondary N) is 1. The number of carboxylic acids is 1. The van der Waals surface area contributed by atoms with Gasteiger partial charge in [-0.2, -0.15) is 0 Å². The molecule has 0 aliphatic carbocycles. The second-order valence-corrected chi connectivity index (χ2v) is 6.37. The summed E-state index contributed by atoms with van der Waals surface area (Å²) in [4.78, 5) is 35.0. The molecule has 6 heteroatoms. The zero-order chi connectivity index (χ0) is 17.3. The zero-order valence-electron chi connectivity index (χ0n) is 13.5. The molecule has 0 heterocycles. The highest BCUT2D eigenvalue weighted by molar-refractivity contribution is 8.00. The molecule has 0 atom stereocenters. The molecule has 2 N–H and O–H groups in total. The van der Waals surface area contributed by atoms with Crippen LogP contribution in [0.25, 0.3) is 0 Å². The van der Waals surface area contributed by atoms with Crippen molar-refractivity contribution in [2.45, 2.75) is 38.6 Å². The maximum absolute atomic E-state index is 12.0. The number of Topliss-reactive ketones (excluding diaryl/α,β-unsaturated/α-hetero) is 1. The van der Waals surface area contributed by atoms with Crippen LogP contribution in [0.5, 0.6) is 0 Å². The highest BCUT2D eigenvalue weighted by Crippen LogP contribution is 2.20. The molecule has 126 valence electrons. The van der Waals surface area contributed by atoms with Gasteiger partial charge in [0.2, 0.25) is 5.91 Å². The van der Waals surface area contributed by atoms with Gasteiger partial charge in [-0.25, -0.2) is 0 Å². The van der Waals surface area contributed by atoms with Crippen LogP contribution in [0.15, 0.2) is 30.3 Å². The van der Waals surface area contributed by atoms with E-state index in [1.54, 1.807) is 24.3 Å². The van der Waals surface area contributed by atoms with Crippen LogP contribution < -0.4 is 5.32 Å². The highest BCUT2D eigenvalue weighted by Gasteiger charge is 2.30. The molecule has 1 aromatic carbocycles. The van der Waals surface area contributed by atoms with Crippen LogP contribution in [-0.2, 0) is 9.59 Å². The summed E-state index contributed by atoms with van der Waals surface area (Å²) in [5, 5.41) is 11.8. The van der Waals surface area contributed by atoms with Crippen LogP contribution >= 0.6 is 11.8 Å². The largest absolute Gasteiger partial charge is 0.481 e. The van der Waals surface area contributed by atoms with Crippen molar-refractivity contribution in [3.05, 3.63) is 35.9 Å². The predicted octanol–water partition coefficient (Wildman–Crippen LogP) is 2.75. The van der Waals surface area contributed by atoms with Gasteiger partial charge in [-0.15, -0.1) is 11.8 Å². The Kier molecular flexibility index (Phi) is 7.81. The van der Waals surface area contributed by atoms with E-state index in [9.17, 15) is 14.4 Å². The second kappa shape index (κ2) is 9.35. The van der Waals surface area contributed by atoms with Crippen molar-refractivity contribution in [2.75, 3.05) is 11.5 Å². The van der Waals surface area contributed by atoms with Gasteiger partial charge in [-0.05, 0) is 12.8 Å². The normalized spacial score (nSPS) is 11.0. The molecule has 0 bridgehead atoms. The molecule has 0 unspecified atom stereocenters. The molecule has 0 saturated carbocycles. The van der Waals surface area contributed by atoms with Crippen LogP contribution in [0.1, 0.15) is 43.5 Å². The van der Waals surface area contributed by atoms with Crippen LogP contribution in [-0.4, -0.2) is 39.8 Å². The smallest absolute Gasteiger partial charge is 0.305 e. The minimum Gasteiger partial charge on any atom is -0.481 e. The highest BCUT2D eigenvalue weighted by atomic mass is 32.2. The Hall–Kier alpha value is -1.82. The fourth-order valence-electron chi connectivity index (χ4n) is 2.29. The molecule has 0 spiro atoms. The van der Waals surface area contributed by atoms with Gasteiger partial charge in [0.25, 0.3) is 0 Å². The van der Waals surface area contributed by atoms with Crippen LogP contribution in [0.4, 0.5) is 0 Å². The van der Waals surface area contributed by atoms with Gasteiger partial charge in [0.1, 0.15) is 0 Å². The summed E-state index contributed by atoms with van der Waals surface area (Å²) in [7, 11) is 0. The van der Waals surface area contributed by atoms with E-state index in [1.807, 2.05) is 19.9 Å². The number of hydrogen-bond acceptors (Lipinski definition) is 4. The summed E-state index contributed by atoms with van der Waals surface area (Å²) in [5.74, 6) is -0.824. The molecule has 1 amide bonds. The van der Waals surface area contributed by atoms with Crippen molar-refractivity contribution in [3.8, 4) is 0 Å². The first kappa shape index (κ1) is 19.2. The molecule has 5 nitrogen and oxygen atoms in total. The fourth-order valence-corrected chi connectivity index (χ4v) is 3.00. The van der Waals surface area contributed by atoms with Gasteiger partial charge in [0, 0.05) is 11.1 Å². The Morgan fingerprint density at radius 1 is 1.09 bits per heavy atom. The third-order valence-electron chi connectivity index (χ3n) is 3.81. The van der Waals surface area contributed by atoms with E-state index in [1.165, 1.54) is 11.8 Å². The summed E-state index contributed by atoms with van der Waals surface area (Å²) in [6.45, 7) is 3.72. The first-order valence-electron chi connectivity index (χ1n) is 7.61. The predicted molar refractivity (Wildman–Crippen MR) is 91.8 cm³/mol. The van der Waals surface area contributed by atoms with Crippen molar-refractivity contribution < 1.29 is 19.5 Å². The molecule has 1 aromatic rings. The Bertz CT molecular complexity index is 541. The van der Waals surface area contributed by atoms with Crippen molar-refractivity contribution in [1.29, 1.82) is 0 Å². The summed E-state index contributed by atoms with van der Waals surface area (Å²) in [6.07, 6.45) is 1.00. The van der Waals surface area contributed by atoms with E-state index in [-0.39, 0.29) is 29.6 Å². The van der Waals surface area contributed by atoms with Crippen molar-refractivity contribution in [2.24, 2.45) is 0 Å². The van der Waals surface area contributed by atoms with Crippen molar-refractivity contribution in [1.82, 2.24) is 5.32 Å². The maximum atomic E-state index is 12.0. The summed E-state index contributed by atoms with van der Waals surface area (Å²) in [5.41, 5.74) is -0.0878. The van der Waals surface area contributed by atoms with Gasteiger partial charge >= 0.3 is 5.97 Å². The van der Waals surface area contributed by atoms with Crippen molar-refractivity contribution in [3.63, 3.8) is 0 Å². The van der Waals surface area contributed by atoms with E-state index in [0.29, 0.717) is 18.4 Å². The number of carboxylic acid groups (broad SMARTS) is 1. The number of hydrogen-bond donors (Lipinski definition) is 2. The zero-order valence-corrected chi connectivity index (χ0v) is 14.3. The molecule has 0 fully saturated rings. The first-order valence-corrected chi connectivity index (χ1v) is 8.76. The molecular weight excluding hydrogens is 314 g/mol. The summed E-state index contributed by atoms with van der Waals surface area (Å²) in [6, 6.07) is 8.93. The van der Waals surface area contributed by atoms with E-state index in [2.05, 4.69) is 5.32 Å². The number of benzene rings is 1. The van der Waals surface area contributed by atoms with Crippen LogP contribution in [0.3, 0.4) is 0 Å². The molecule has 0 aliphatic rings. The van der Waals surface area contributed by atoms with Gasteiger partial charge in [-0.3, -0.25) is 14.4 Å². The van der Waals surface area contributed by atoms with Gasteiger partial charge in [-0.1, -0.05) is 44.2 Å². The number of aliphatic carboxylic acids is 1. The number of carbonyl (C=O) groups is 3. The Morgan fingerprint density at radius 3 is 2.22 bits per heavy atom. The molecule has 0 aromatic heterocycles. The quantitative estimate of drug-likeness (QED) is 0.641. The lowest BCUT2D eigenvalue weighted by molar-refractivity contribution is -0.139.